The molecule has 1 atom stereocenters. The van der Waals surface area contributed by atoms with Gasteiger partial charge in [-0.25, -0.2) is 0 Å². The van der Waals surface area contributed by atoms with E-state index in [1.165, 1.54) is 0 Å². The van der Waals surface area contributed by atoms with Crippen LogP contribution in [0.15, 0.2) is 48.5 Å². The number of nitrogens with one attached hydrogen (secondary N) is 1. The second-order valence-electron chi connectivity index (χ2n) is 5.58. The quantitative estimate of drug-likeness (QED) is 0.754. The lowest BCUT2D eigenvalue weighted by Gasteiger charge is -2.18. The van der Waals surface area contributed by atoms with Crippen LogP contribution in [0.25, 0.3) is 6.08 Å². The first kappa shape index (κ1) is 18.1. The van der Waals surface area contributed by atoms with Crippen LogP contribution in [0.1, 0.15) is 36.1 Å². The molecule has 0 bridgehead atoms. The van der Waals surface area contributed by atoms with Gasteiger partial charge in [0, 0.05) is 11.1 Å². The Labute approximate surface area is 148 Å². The van der Waals surface area contributed by atoms with E-state index in [-0.39, 0.29) is 11.9 Å². The zero-order valence-electron chi connectivity index (χ0n) is 14.2. The van der Waals surface area contributed by atoms with Gasteiger partial charge >= 0.3 is 0 Å². The minimum atomic E-state index is -0.120. The van der Waals surface area contributed by atoms with Gasteiger partial charge < -0.3 is 10.1 Å². The summed E-state index contributed by atoms with van der Waals surface area (Å²) in [6.07, 6.45) is 4.13. The minimum absolute atomic E-state index is 0.0306. The van der Waals surface area contributed by atoms with Crippen molar-refractivity contribution in [2.45, 2.75) is 26.3 Å². The number of benzene rings is 2. The monoisotopic (exact) mass is 343 g/mol. The van der Waals surface area contributed by atoms with Gasteiger partial charge in [0.25, 0.3) is 0 Å². The van der Waals surface area contributed by atoms with Crippen molar-refractivity contribution in [2.24, 2.45) is 0 Å². The highest BCUT2D eigenvalue weighted by Gasteiger charge is 2.12. The summed E-state index contributed by atoms with van der Waals surface area (Å²) in [7, 11) is 1.66. The summed E-state index contributed by atoms with van der Waals surface area (Å²) >= 11 is 5.85. The molecule has 0 saturated carbocycles. The highest BCUT2D eigenvalue weighted by atomic mass is 35.5. The van der Waals surface area contributed by atoms with Gasteiger partial charge in [0.15, 0.2) is 0 Å². The molecule has 0 heterocycles. The highest BCUT2D eigenvalue weighted by Crippen LogP contribution is 2.24. The van der Waals surface area contributed by atoms with E-state index in [4.69, 9.17) is 16.3 Å². The SMILES string of the molecule is CC[C@H](NC(=O)/C=C/c1ccc(Cl)cc1)c1ccc(OC)c(C)c1. The topological polar surface area (TPSA) is 38.3 Å². The number of methoxy groups -OCH3 is 1. The maximum atomic E-state index is 12.2. The second kappa shape index (κ2) is 8.55. The van der Waals surface area contributed by atoms with Crippen LogP contribution in [0, 0.1) is 6.92 Å². The van der Waals surface area contributed by atoms with E-state index in [9.17, 15) is 4.79 Å². The van der Waals surface area contributed by atoms with Gasteiger partial charge in [0.2, 0.25) is 5.91 Å². The van der Waals surface area contributed by atoms with Crippen LogP contribution in [0.3, 0.4) is 0 Å². The predicted molar refractivity (Wildman–Crippen MR) is 99.4 cm³/mol. The van der Waals surface area contributed by atoms with Crippen LogP contribution in [-0.2, 0) is 4.79 Å². The molecule has 2 aromatic carbocycles. The summed E-state index contributed by atoms with van der Waals surface area (Å²) in [4.78, 5) is 12.2. The van der Waals surface area contributed by atoms with Crippen molar-refractivity contribution < 1.29 is 9.53 Å². The summed E-state index contributed by atoms with van der Waals surface area (Å²) in [5.74, 6) is 0.729. The molecule has 126 valence electrons. The molecule has 0 saturated heterocycles. The molecule has 0 unspecified atom stereocenters. The van der Waals surface area contributed by atoms with E-state index >= 15 is 0 Å². The molecule has 3 nitrogen and oxygen atoms in total. The van der Waals surface area contributed by atoms with E-state index in [1.54, 1.807) is 31.4 Å². The van der Waals surface area contributed by atoms with Gasteiger partial charge in [-0.2, -0.15) is 0 Å². The molecule has 0 aliphatic rings. The summed E-state index contributed by atoms with van der Waals surface area (Å²) in [6, 6.07) is 13.3. The number of amides is 1. The second-order valence-corrected chi connectivity index (χ2v) is 6.02. The number of aryl methyl sites for hydroxylation is 1. The third-order valence-corrected chi connectivity index (χ3v) is 4.10. The van der Waals surface area contributed by atoms with Gasteiger partial charge in [0.1, 0.15) is 5.75 Å². The molecule has 0 fully saturated rings. The Morgan fingerprint density at radius 3 is 2.54 bits per heavy atom. The molecule has 1 N–H and O–H groups in total. The molecule has 0 radical (unpaired) electrons. The molecular formula is C20H22ClNO2. The predicted octanol–water partition coefficient (Wildman–Crippen LogP) is 4.94. The fourth-order valence-corrected chi connectivity index (χ4v) is 2.63. The lowest BCUT2D eigenvalue weighted by molar-refractivity contribution is -0.117. The summed E-state index contributed by atoms with van der Waals surface area (Å²) in [5, 5.41) is 3.71. The van der Waals surface area contributed by atoms with Gasteiger partial charge in [-0.1, -0.05) is 42.8 Å². The average molecular weight is 344 g/mol. The minimum Gasteiger partial charge on any atom is -0.496 e. The Balaban J connectivity index is 2.05. The first-order chi connectivity index (χ1) is 11.5. The van der Waals surface area contributed by atoms with Crippen LogP contribution in [-0.4, -0.2) is 13.0 Å². The molecule has 0 aromatic heterocycles. The van der Waals surface area contributed by atoms with Crippen LogP contribution >= 0.6 is 11.6 Å². The number of hydrogen-bond donors (Lipinski definition) is 1. The molecule has 24 heavy (non-hydrogen) atoms. The molecule has 4 heteroatoms. The van der Waals surface area contributed by atoms with Crippen molar-refractivity contribution in [3.8, 4) is 5.75 Å². The summed E-state index contributed by atoms with van der Waals surface area (Å²) < 4.78 is 5.28. The van der Waals surface area contributed by atoms with E-state index in [1.807, 2.05) is 38.1 Å². The van der Waals surface area contributed by atoms with Gasteiger partial charge in [-0.05, 0) is 54.3 Å². The largest absolute Gasteiger partial charge is 0.496 e. The van der Waals surface area contributed by atoms with Crippen molar-refractivity contribution in [2.75, 3.05) is 7.11 Å². The van der Waals surface area contributed by atoms with Crippen LogP contribution < -0.4 is 10.1 Å². The normalized spacial score (nSPS) is 12.2. The Bertz CT molecular complexity index is 723. The zero-order valence-corrected chi connectivity index (χ0v) is 14.9. The van der Waals surface area contributed by atoms with Crippen LogP contribution in [0.2, 0.25) is 5.02 Å². The fourth-order valence-electron chi connectivity index (χ4n) is 2.51. The number of ether oxygens (including phenoxy) is 1. The summed E-state index contributed by atoms with van der Waals surface area (Å²) in [5.41, 5.74) is 3.06. The first-order valence-electron chi connectivity index (χ1n) is 7.92. The lowest BCUT2D eigenvalue weighted by Crippen LogP contribution is -2.26. The molecule has 2 rings (SSSR count). The number of carbonyl (C=O) groups is 1. The fraction of sp³-hybridized carbons (Fsp3) is 0.250. The Morgan fingerprint density at radius 2 is 1.96 bits per heavy atom. The number of hydrogen-bond acceptors (Lipinski definition) is 2. The Hall–Kier alpha value is -2.26. The molecule has 1 amide bonds. The van der Waals surface area contributed by atoms with Gasteiger partial charge in [-0.15, -0.1) is 0 Å². The number of carbonyl (C=O) groups excluding carboxylic acids is 1. The van der Waals surface area contributed by atoms with Gasteiger partial charge in [-0.3, -0.25) is 4.79 Å². The Kier molecular flexibility index (Phi) is 6.44. The van der Waals surface area contributed by atoms with E-state index in [0.29, 0.717) is 5.02 Å². The van der Waals surface area contributed by atoms with E-state index in [0.717, 1.165) is 28.9 Å². The van der Waals surface area contributed by atoms with Gasteiger partial charge in [0.05, 0.1) is 13.2 Å². The maximum Gasteiger partial charge on any atom is 0.244 e. The number of rotatable bonds is 6. The van der Waals surface area contributed by atoms with Crippen molar-refractivity contribution in [1.82, 2.24) is 5.32 Å². The lowest BCUT2D eigenvalue weighted by atomic mass is 10.0. The standard InChI is InChI=1S/C20H22ClNO2/c1-4-18(16-8-11-19(24-3)14(2)13-16)22-20(23)12-7-15-5-9-17(21)10-6-15/h5-13,18H,4H2,1-3H3,(H,22,23)/b12-7+/t18-/m0/s1. The smallest absolute Gasteiger partial charge is 0.244 e. The van der Waals surface area contributed by atoms with Crippen molar-refractivity contribution >= 4 is 23.6 Å². The van der Waals surface area contributed by atoms with Crippen LogP contribution in [0.4, 0.5) is 0 Å². The Morgan fingerprint density at radius 1 is 1.25 bits per heavy atom. The average Bonchev–Trinajstić information content (AvgIpc) is 2.59. The molecule has 0 aliphatic carbocycles. The third-order valence-electron chi connectivity index (χ3n) is 3.84. The molecule has 0 spiro atoms. The summed E-state index contributed by atoms with van der Waals surface area (Å²) in [6.45, 7) is 4.05. The highest BCUT2D eigenvalue weighted by molar-refractivity contribution is 6.30. The van der Waals surface area contributed by atoms with E-state index in [2.05, 4.69) is 11.4 Å². The molecular weight excluding hydrogens is 322 g/mol. The molecule has 0 aliphatic heterocycles. The maximum absolute atomic E-state index is 12.2. The third kappa shape index (κ3) is 4.87. The molecule has 2 aromatic rings. The van der Waals surface area contributed by atoms with Crippen molar-refractivity contribution in [3.63, 3.8) is 0 Å². The first-order valence-corrected chi connectivity index (χ1v) is 8.30. The zero-order chi connectivity index (χ0) is 17.5. The van der Waals surface area contributed by atoms with E-state index < -0.39 is 0 Å². The van der Waals surface area contributed by atoms with Crippen molar-refractivity contribution in [3.05, 3.63) is 70.3 Å². The number of halogens is 1. The van der Waals surface area contributed by atoms with Crippen LogP contribution in [0.5, 0.6) is 5.75 Å². The van der Waals surface area contributed by atoms with Crippen molar-refractivity contribution in [1.29, 1.82) is 0 Å².